The topological polar surface area (TPSA) is 77.0 Å². The Bertz CT molecular complexity index is 3200. The number of benzene rings is 6. The van der Waals surface area contributed by atoms with E-state index < -0.39 is 0 Å². The van der Waals surface area contributed by atoms with E-state index in [2.05, 4.69) is 121 Å². The number of aliphatic imine (C=N–C) groups is 2. The molecule has 6 aromatic carbocycles. The molecule has 11 rings (SSSR count). The fourth-order valence-corrected chi connectivity index (χ4v) is 9.79. The van der Waals surface area contributed by atoms with E-state index in [-0.39, 0.29) is 0 Å². The van der Waals surface area contributed by atoms with E-state index >= 15 is 0 Å². The van der Waals surface area contributed by atoms with Crippen molar-refractivity contribution < 1.29 is 8.83 Å². The van der Waals surface area contributed by atoms with Crippen LogP contribution in [0.2, 0.25) is 0 Å². The molecule has 0 radical (unpaired) electrons. The van der Waals surface area contributed by atoms with Crippen LogP contribution in [0.15, 0.2) is 177 Å². The van der Waals surface area contributed by atoms with Crippen LogP contribution in [0.25, 0.3) is 69.8 Å². The lowest BCUT2D eigenvalue weighted by atomic mass is 9.92. The molecule has 0 amide bonds. The maximum Gasteiger partial charge on any atom is 0.160 e. The van der Waals surface area contributed by atoms with Crippen LogP contribution < -0.4 is 5.73 Å². The van der Waals surface area contributed by atoms with Gasteiger partial charge in [0.05, 0.1) is 12.1 Å². The minimum atomic E-state index is 0.369. The summed E-state index contributed by atoms with van der Waals surface area (Å²) in [6, 6.07) is 44.7. The maximum absolute atomic E-state index is 7.15. The minimum absolute atomic E-state index is 0.369. The Kier molecular flexibility index (Phi) is 8.11. The number of fused-ring (bicyclic) bond motifs is 9. The molecule has 0 spiro atoms. The van der Waals surface area contributed by atoms with Crippen molar-refractivity contribution in [3.05, 3.63) is 186 Å². The van der Waals surface area contributed by atoms with Gasteiger partial charge in [-0.2, -0.15) is 0 Å². The van der Waals surface area contributed by atoms with Gasteiger partial charge in [-0.15, -0.1) is 11.3 Å². The third-order valence-electron chi connectivity index (χ3n) is 11.4. The van der Waals surface area contributed by atoms with E-state index in [1.807, 2.05) is 47.7 Å². The highest BCUT2D eigenvalue weighted by Gasteiger charge is 2.25. The highest BCUT2D eigenvalue weighted by molar-refractivity contribution is 7.25. The molecule has 6 heteroatoms. The predicted octanol–water partition coefficient (Wildman–Crippen LogP) is 13.3. The molecule has 3 heterocycles. The number of allylic oxidation sites excluding steroid dienone is 5. The summed E-state index contributed by atoms with van der Waals surface area (Å²) >= 11 is 1.82. The molecule has 2 N–H and O–H groups in total. The van der Waals surface area contributed by atoms with Crippen LogP contribution in [0, 0.1) is 0 Å². The van der Waals surface area contributed by atoms with Gasteiger partial charge in [-0.1, -0.05) is 127 Å². The third kappa shape index (κ3) is 5.83. The number of hydrogen-bond donors (Lipinski definition) is 1. The lowest BCUT2D eigenvalue weighted by Crippen LogP contribution is -2.17. The molecule has 57 heavy (non-hydrogen) atoms. The first kappa shape index (κ1) is 33.6. The van der Waals surface area contributed by atoms with E-state index in [1.54, 1.807) is 0 Å². The minimum Gasteiger partial charge on any atom is -0.456 e. The first-order valence-corrected chi connectivity index (χ1v) is 20.4. The number of nitrogens with two attached hydrogens (primary N) is 1. The lowest BCUT2D eigenvalue weighted by molar-refractivity contribution is 0.592. The van der Waals surface area contributed by atoms with Gasteiger partial charge < -0.3 is 14.6 Å². The number of thiophene rings is 1. The molecular formula is C51H37N3O2S. The number of rotatable bonds is 6. The van der Waals surface area contributed by atoms with Crippen LogP contribution in [-0.2, 0) is 13.0 Å². The lowest BCUT2D eigenvalue weighted by Gasteiger charge is -2.15. The quantitative estimate of drug-likeness (QED) is 0.136. The second-order valence-corrected chi connectivity index (χ2v) is 15.9. The van der Waals surface area contributed by atoms with Gasteiger partial charge in [-0.25, -0.2) is 4.99 Å². The third-order valence-corrected chi connectivity index (χ3v) is 12.6. The van der Waals surface area contributed by atoms with E-state index in [1.165, 1.54) is 31.3 Å². The van der Waals surface area contributed by atoms with Crippen molar-refractivity contribution in [2.75, 3.05) is 0 Å². The summed E-state index contributed by atoms with van der Waals surface area (Å²) in [6.45, 7) is 0.447. The van der Waals surface area contributed by atoms with Crippen molar-refractivity contribution in [3.8, 4) is 11.1 Å². The standard InChI is InChI=1S/C51H37N3O2S/c52-50(40-17-10-21-44-48(40)47-35(15-9-20-43(47)55-44)34-27-28-38-37-14-5-7-22-45(37)57-46(38)29-34)54-51(41-18-8-16-39-36-13-4-6-19-42(36)56-49(39)41)53-30-31-23-25-33(26-24-31)32-11-2-1-3-12-32/h1-7,9-11,13-15,17-29,32H,8,12,16,30H2,(H2,52,53,54). The van der Waals surface area contributed by atoms with Gasteiger partial charge in [0.1, 0.15) is 28.3 Å². The average Bonchev–Trinajstić information content (AvgIpc) is 3.96. The summed E-state index contributed by atoms with van der Waals surface area (Å²) < 4.78 is 15.6. The normalized spacial score (nSPS) is 16.0. The molecule has 1 atom stereocenters. The van der Waals surface area contributed by atoms with Crippen LogP contribution in [-0.4, -0.2) is 11.7 Å². The number of aryl methyl sites for hydroxylation is 1. The van der Waals surface area contributed by atoms with Crippen molar-refractivity contribution in [3.63, 3.8) is 0 Å². The number of nitrogens with zero attached hydrogens (tertiary/aromatic N) is 2. The van der Waals surface area contributed by atoms with Crippen molar-refractivity contribution >= 4 is 81.7 Å². The molecule has 2 aliphatic carbocycles. The van der Waals surface area contributed by atoms with Gasteiger partial charge in [0.15, 0.2) is 5.84 Å². The maximum atomic E-state index is 7.15. The zero-order chi connectivity index (χ0) is 37.9. The van der Waals surface area contributed by atoms with Crippen molar-refractivity contribution in [2.24, 2.45) is 15.7 Å². The molecule has 1 unspecified atom stereocenters. The van der Waals surface area contributed by atoms with E-state index in [0.717, 1.165) is 85.8 Å². The van der Waals surface area contributed by atoms with Crippen LogP contribution in [0.1, 0.15) is 46.8 Å². The molecule has 5 nitrogen and oxygen atoms in total. The highest BCUT2D eigenvalue weighted by atomic mass is 32.1. The zero-order valence-electron chi connectivity index (χ0n) is 31.1. The molecule has 3 aromatic heterocycles. The van der Waals surface area contributed by atoms with Crippen molar-refractivity contribution in [1.82, 2.24) is 0 Å². The largest absolute Gasteiger partial charge is 0.456 e. The molecule has 2 aliphatic rings. The SMILES string of the molecule is N/C(=N\C(=N/Cc1ccc(C2C=CC=CC2)cc1)C1=CCCc2c1oc1ccccc21)c1cccc2oc3cccc(-c4ccc5c(c4)sc4ccccc45)c3c12. The van der Waals surface area contributed by atoms with E-state index in [0.29, 0.717) is 24.1 Å². The Balaban J connectivity index is 1.04. The number of hydrogen-bond acceptors (Lipinski definition) is 4. The molecule has 0 saturated carbocycles. The Morgan fingerprint density at radius 2 is 1.51 bits per heavy atom. The van der Waals surface area contributed by atoms with Gasteiger partial charge in [0.2, 0.25) is 0 Å². The Labute approximate surface area is 333 Å². The Morgan fingerprint density at radius 1 is 0.719 bits per heavy atom. The van der Waals surface area contributed by atoms with Gasteiger partial charge in [0, 0.05) is 53.4 Å². The molecule has 0 fully saturated rings. The van der Waals surface area contributed by atoms with Crippen LogP contribution in [0.4, 0.5) is 0 Å². The van der Waals surface area contributed by atoms with Crippen LogP contribution in [0.5, 0.6) is 0 Å². The fraction of sp³-hybridized carbons (Fsp3) is 0.0980. The Hall–Kier alpha value is -6.76. The molecule has 274 valence electrons. The van der Waals surface area contributed by atoms with Gasteiger partial charge in [-0.3, -0.25) is 4.99 Å². The monoisotopic (exact) mass is 755 g/mol. The van der Waals surface area contributed by atoms with Gasteiger partial charge in [0.25, 0.3) is 0 Å². The molecular weight excluding hydrogens is 719 g/mol. The van der Waals surface area contributed by atoms with Crippen molar-refractivity contribution in [1.29, 1.82) is 0 Å². The summed E-state index contributed by atoms with van der Waals surface area (Å²) in [5.41, 5.74) is 17.1. The zero-order valence-corrected chi connectivity index (χ0v) is 31.9. The smallest absolute Gasteiger partial charge is 0.160 e. The van der Waals surface area contributed by atoms with Crippen LogP contribution in [0.3, 0.4) is 0 Å². The predicted molar refractivity (Wildman–Crippen MR) is 239 cm³/mol. The first-order chi connectivity index (χ1) is 28.2. The first-order valence-electron chi connectivity index (χ1n) is 19.5. The van der Waals surface area contributed by atoms with E-state index in [4.69, 9.17) is 24.6 Å². The molecule has 9 aromatic rings. The summed E-state index contributed by atoms with van der Waals surface area (Å²) in [4.78, 5) is 10.4. The summed E-state index contributed by atoms with van der Waals surface area (Å²) in [7, 11) is 0. The molecule has 0 bridgehead atoms. The molecule has 0 aliphatic heterocycles. The fourth-order valence-electron chi connectivity index (χ4n) is 8.64. The summed E-state index contributed by atoms with van der Waals surface area (Å²) in [5.74, 6) is 2.13. The average molecular weight is 756 g/mol. The Morgan fingerprint density at radius 3 is 2.39 bits per heavy atom. The van der Waals surface area contributed by atoms with Gasteiger partial charge in [-0.05, 0) is 71.8 Å². The highest BCUT2D eigenvalue weighted by Crippen LogP contribution is 2.42. The second-order valence-electron chi connectivity index (χ2n) is 14.9. The number of furan rings is 2. The number of amidine groups is 2. The molecule has 0 saturated heterocycles. The van der Waals surface area contributed by atoms with E-state index in [9.17, 15) is 0 Å². The van der Waals surface area contributed by atoms with Crippen molar-refractivity contribution in [2.45, 2.75) is 31.7 Å². The summed E-state index contributed by atoms with van der Waals surface area (Å²) in [5, 5.41) is 5.64. The number of para-hydroxylation sites is 1. The second kappa shape index (κ2) is 13.8. The van der Waals surface area contributed by atoms with Crippen LogP contribution >= 0.6 is 11.3 Å². The summed E-state index contributed by atoms with van der Waals surface area (Å²) in [6.07, 6.45) is 13.7. The van der Waals surface area contributed by atoms with Gasteiger partial charge >= 0.3 is 0 Å².